The van der Waals surface area contributed by atoms with Crippen LogP contribution in [-0.4, -0.2) is 16.6 Å². The van der Waals surface area contributed by atoms with E-state index in [2.05, 4.69) is 9.97 Å². The Morgan fingerprint density at radius 1 is 1.18 bits per heavy atom. The second kappa shape index (κ2) is 8.80. The van der Waals surface area contributed by atoms with Gasteiger partial charge in [-0.3, -0.25) is 4.98 Å². The maximum Gasteiger partial charge on any atom is 0.146 e. The minimum absolute atomic E-state index is 0.125. The van der Waals surface area contributed by atoms with Crippen LogP contribution in [0.1, 0.15) is 37.4 Å². The fourth-order valence-corrected chi connectivity index (χ4v) is 3.24. The summed E-state index contributed by atoms with van der Waals surface area (Å²) < 4.78 is 33.6. The van der Waals surface area contributed by atoms with Gasteiger partial charge in [-0.2, -0.15) is 0 Å². The number of hydrogen-bond acceptors (Lipinski definition) is 4. The SMILES string of the molecule is C[C@H](CCOc1ccc(F)cc1[C@@H](C)N)Cc1c(F)cnc2ccc(Cl)nc12. The van der Waals surface area contributed by atoms with Crippen molar-refractivity contribution in [2.45, 2.75) is 32.7 Å². The van der Waals surface area contributed by atoms with Crippen molar-refractivity contribution in [2.24, 2.45) is 11.7 Å². The zero-order chi connectivity index (χ0) is 20.3. The Balaban J connectivity index is 1.67. The molecule has 0 amide bonds. The highest BCUT2D eigenvalue weighted by Gasteiger charge is 2.15. The van der Waals surface area contributed by atoms with Crippen molar-refractivity contribution >= 4 is 22.6 Å². The molecule has 0 aliphatic carbocycles. The number of pyridine rings is 2. The quantitative estimate of drug-likeness (QED) is 0.547. The van der Waals surface area contributed by atoms with Gasteiger partial charge in [0, 0.05) is 17.2 Å². The lowest BCUT2D eigenvalue weighted by Crippen LogP contribution is -2.12. The molecule has 0 aliphatic heterocycles. The molecule has 2 N–H and O–H groups in total. The van der Waals surface area contributed by atoms with Crippen molar-refractivity contribution in [3.63, 3.8) is 0 Å². The van der Waals surface area contributed by atoms with Crippen LogP contribution in [0.5, 0.6) is 5.75 Å². The van der Waals surface area contributed by atoms with Gasteiger partial charge in [-0.05, 0) is 56.0 Å². The number of benzene rings is 1. The predicted octanol–water partition coefficient (Wildman–Crippen LogP) is 5.23. The summed E-state index contributed by atoms with van der Waals surface area (Å²) in [5.41, 5.74) is 8.10. The molecule has 0 bridgehead atoms. The predicted molar refractivity (Wildman–Crippen MR) is 106 cm³/mol. The first kappa shape index (κ1) is 20.4. The molecule has 4 nitrogen and oxygen atoms in total. The van der Waals surface area contributed by atoms with Gasteiger partial charge < -0.3 is 10.5 Å². The van der Waals surface area contributed by atoms with Gasteiger partial charge in [0.15, 0.2) is 0 Å². The third-order valence-corrected chi connectivity index (χ3v) is 4.82. The Kier molecular flexibility index (Phi) is 6.42. The number of nitrogens with two attached hydrogens (primary N) is 1. The first-order chi connectivity index (χ1) is 13.3. The lowest BCUT2D eigenvalue weighted by Gasteiger charge is -2.17. The first-order valence-electron chi connectivity index (χ1n) is 9.12. The first-order valence-corrected chi connectivity index (χ1v) is 9.50. The van der Waals surface area contributed by atoms with E-state index in [1.807, 2.05) is 6.92 Å². The highest BCUT2D eigenvalue weighted by atomic mass is 35.5. The van der Waals surface area contributed by atoms with Crippen LogP contribution in [0.15, 0.2) is 36.5 Å². The fourth-order valence-electron chi connectivity index (χ4n) is 3.09. The van der Waals surface area contributed by atoms with Gasteiger partial charge in [-0.25, -0.2) is 13.8 Å². The molecule has 0 saturated carbocycles. The third-order valence-electron chi connectivity index (χ3n) is 4.61. The van der Waals surface area contributed by atoms with E-state index in [0.29, 0.717) is 52.5 Å². The minimum atomic E-state index is -0.396. The van der Waals surface area contributed by atoms with E-state index in [1.54, 1.807) is 25.1 Å². The summed E-state index contributed by atoms with van der Waals surface area (Å²) in [5, 5.41) is 0.303. The van der Waals surface area contributed by atoms with E-state index < -0.39 is 5.82 Å². The van der Waals surface area contributed by atoms with Gasteiger partial charge >= 0.3 is 0 Å². The number of hydrogen-bond donors (Lipinski definition) is 1. The van der Waals surface area contributed by atoms with Crippen molar-refractivity contribution in [1.29, 1.82) is 0 Å². The van der Waals surface area contributed by atoms with Gasteiger partial charge in [0.2, 0.25) is 0 Å². The number of ether oxygens (including phenoxy) is 1. The summed E-state index contributed by atoms with van der Waals surface area (Å²) in [6.45, 7) is 4.20. The normalized spacial score (nSPS) is 13.5. The lowest BCUT2D eigenvalue weighted by molar-refractivity contribution is 0.279. The van der Waals surface area contributed by atoms with Crippen LogP contribution in [0.4, 0.5) is 8.78 Å². The van der Waals surface area contributed by atoms with Gasteiger partial charge in [-0.1, -0.05) is 18.5 Å². The number of halogens is 3. The number of fused-ring (bicyclic) bond motifs is 1. The van der Waals surface area contributed by atoms with Crippen LogP contribution in [0.3, 0.4) is 0 Å². The maximum absolute atomic E-state index is 14.4. The van der Waals surface area contributed by atoms with Crippen LogP contribution in [0.2, 0.25) is 5.15 Å². The number of nitrogens with zero attached hydrogens (tertiary/aromatic N) is 2. The molecule has 2 aromatic heterocycles. The average Bonchev–Trinajstić information content (AvgIpc) is 2.65. The zero-order valence-electron chi connectivity index (χ0n) is 15.8. The summed E-state index contributed by atoms with van der Waals surface area (Å²) in [6, 6.07) is 7.34. The maximum atomic E-state index is 14.4. The van der Waals surface area contributed by atoms with Gasteiger partial charge in [0.25, 0.3) is 0 Å². The molecule has 7 heteroatoms. The summed E-state index contributed by atoms with van der Waals surface area (Å²) in [5.74, 6) is -0.0512. The smallest absolute Gasteiger partial charge is 0.146 e. The Hall–Kier alpha value is -2.31. The molecular weight excluding hydrogens is 384 g/mol. The lowest BCUT2D eigenvalue weighted by atomic mass is 9.97. The third kappa shape index (κ3) is 4.75. The highest BCUT2D eigenvalue weighted by Crippen LogP contribution is 2.26. The van der Waals surface area contributed by atoms with Gasteiger partial charge in [0.05, 0.1) is 23.8 Å². The second-order valence-electron chi connectivity index (χ2n) is 7.00. The molecule has 1 aromatic carbocycles. The molecular formula is C21H22ClF2N3O. The average molecular weight is 406 g/mol. The molecule has 0 unspecified atom stereocenters. The van der Waals surface area contributed by atoms with Crippen LogP contribution < -0.4 is 10.5 Å². The van der Waals surface area contributed by atoms with Crippen LogP contribution in [-0.2, 0) is 6.42 Å². The van der Waals surface area contributed by atoms with Crippen molar-refractivity contribution in [3.8, 4) is 5.75 Å². The molecule has 3 rings (SSSR count). The largest absolute Gasteiger partial charge is 0.493 e. The summed E-state index contributed by atoms with van der Waals surface area (Å²) in [6.07, 6.45) is 2.37. The van der Waals surface area contributed by atoms with Gasteiger partial charge in [-0.15, -0.1) is 0 Å². The molecule has 148 valence electrons. The van der Waals surface area contributed by atoms with E-state index in [9.17, 15) is 8.78 Å². The topological polar surface area (TPSA) is 61.0 Å². The van der Waals surface area contributed by atoms with E-state index >= 15 is 0 Å². The molecule has 0 fully saturated rings. The molecule has 0 saturated heterocycles. The molecule has 0 aliphatic rings. The molecule has 2 atom stereocenters. The molecule has 0 spiro atoms. The van der Waals surface area contributed by atoms with Crippen molar-refractivity contribution in [2.75, 3.05) is 6.61 Å². The second-order valence-corrected chi connectivity index (χ2v) is 7.39. The molecule has 28 heavy (non-hydrogen) atoms. The minimum Gasteiger partial charge on any atom is -0.493 e. The van der Waals surface area contributed by atoms with Crippen LogP contribution >= 0.6 is 11.6 Å². The van der Waals surface area contributed by atoms with Crippen LogP contribution in [0.25, 0.3) is 11.0 Å². The van der Waals surface area contributed by atoms with Crippen molar-refractivity contribution < 1.29 is 13.5 Å². The fraction of sp³-hybridized carbons (Fsp3) is 0.333. The summed E-state index contributed by atoms with van der Waals surface area (Å²) in [4.78, 5) is 8.30. The van der Waals surface area contributed by atoms with E-state index in [1.165, 1.54) is 18.3 Å². The number of aromatic nitrogens is 2. The van der Waals surface area contributed by atoms with E-state index in [4.69, 9.17) is 22.1 Å². The summed E-state index contributed by atoms with van der Waals surface area (Å²) in [7, 11) is 0. The molecule has 3 aromatic rings. The summed E-state index contributed by atoms with van der Waals surface area (Å²) >= 11 is 5.96. The van der Waals surface area contributed by atoms with Crippen molar-refractivity contribution in [3.05, 3.63) is 64.4 Å². The highest BCUT2D eigenvalue weighted by molar-refractivity contribution is 6.29. The standard InChI is InChI=1S/C21H22ClF2N3O/c1-12(7-8-28-19-5-3-14(23)10-15(19)13(2)25)9-16-17(24)11-26-18-4-6-20(22)27-21(16)18/h3-6,10-13H,7-9,25H2,1-2H3/t12-,13-/m1/s1. The molecule has 2 heterocycles. The zero-order valence-corrected chi connectivity index (χ0v) is 16.5. The monoisotopic (exact) mass is 405 g/mol. The van der Waals surface area contributed by atoms with Crippen LogP contribution in [0, 0.1) is 17.6 Å². The molecule has 0 radical (unpaired) electrons. The Bertz CT molecular complexity index is 976. The van der Waals surface area contributed by atoms with E-state index in [-0.39, 0.29) is 17.8 Å². The van der Waals surface area contributed by atoms with Gasteiger partial charge in [0.1, 0.15) is 22.5 Å². The Morgan fingerprint density at radius 2 is 1.96 bits per heavy atom. The van der Waals surface area contributed by atoms with Crippen molar-refractivity contribution in [1.82, 2.24) is 9.97 Å². The van der Waals surface area contributed by atoms with E-state index in [0.717, 1.165) is 0 Å². The Morgan fingerprint density at radius 3 is 2.71 bits per heavy atom. The Labute approximate surface area is 167 Å². The number of rotatable bonds is 7.